The summed E-state index contributed by atoms with van der Waals surface area (Å²) < 4.78 is 0. The lowest BCUT2D eigenvalue weighted by atomic mass is 10.0. The number of piperidine rings is 1. The molecular weight excluding hydrogens is 228 g/mol. The Kier molecular flexibility index (Phi) is 5.01. The van der Waals surface area contributed by atoms with Gasteiger partial charge in [-0.05, 0) is 52.2 Å². The van der Waals surface area contributed by atoms with Crippen LogP contribution in [0.4, 0.5) is 0 Å². The Morgan fingerprint density at radius 1 is 1.11 bits per heavy atom. The van der Waals surface area contributed by atoms with Crippen LogP contribution in [0.2, 0.25) is 0 Å². The van der Waals surface area contributed by atoms with E-state index in [1.54, 1.807) is 0 Å². The molecule has 0 spiro atoms. The first-order valence-corrected chi connectivity index (χ1v) is 7.39. The molecule has 18 heavy (non-hydrogen) atoms. The van der Waals surface area contributed by atoms with Crippen molar-refractivity contribution >= 4 is 5.97 Å². The third-order valence-electron chi connectivity index (χ3n) is 4.49. The van der Waals surface area contributed by atoms with Gasteiger partial charge in [0, 0.05) is 12.6 Å². The van der Waals surface area contributed by atoms with Crippen LogP contribution in [0, 0.1) is 0 Å². The Labute approximate surface area is 110 Å². The van der Waals surface area contributed by atoms with Gasteiger partial charge in [-0.3, -0.25) is 14.6 Å². The molecule has 0 bridgehead atoms. The maximum Gasteiger partial charge on any atom is 0.320 e. The lowest BCUT2D eigenvalue weighted by molar-refractivity contribution is -0.143. The number of likely N-dealkylation sites (tertiary alicyclic amines) is 2. The van der Waals surface area contributed by atoms with Crippen LogP contribution in [0.5, 0.6) is 0 Å². The van der Waals surface area contributed by atoms with Crippen LogP contribution in [-0.2, 0) is 4.79 Å². The van der Waals surface area contributed by atoms with Crippen LogP contribution in [0.15, 0.2) is 0 Å². The predicted molar refractivity (Wildman–Crippen MR) is 71.7 cm³/mol. The molecule has 2 unspecified atom stereocenters. The number of hydrogen-bond donors (Lipinski definition) is 1. The number of carbonyl (C=O) groups is 1. The van der Waals surface area contributed by atoms with Crippen molar-refractivity contribution in [2.24, 2.45) is 0 Å². The van der Waals surface area contributed by atoms with Crippen molar-refractivity contribution < 1.29 is 9.90 Å². The highest BCUT2D eigenvalue weighted by Gasteiger charge is 2.30. The van der Waals surface area contributed by atoms with Gasteiger partial charge in [0.2, 0.25) is 0 Å². The summed E-state index contributed by atoms with van der Waals surface area (Å²) in [6.45, 7) is 6.11. The average molecular weight is 254 g/mol. The topological polar surface area (TPSA) is 43.8 Å². The monoisotopic (exact) mass is 254 g/mol. The van der Waals surface area contributed by atoms with Gasteiger partial charge in [0.15, 0.2) is 0 Å². The number of hydrogen-bond acceptors (Lipinski definition) is 3. The molecule has 104 valence electrons. The minimum atomic E-state index is -0.688. The Morgan fingerprint density at radius 2 is 1.78 bits per heavy atom. The van der Waals surface area contributed by atoms with Gasteiger partial charge in [-0.2, -0.15) is 0 Å². The second kappa shape index (κ2) is 6.53. The molecule has 0 amide bonds. The fourth-order valence-corrected chi connectivity index (χ4v) is 3.25. The largest absolute Gasteiger partial charge is 0.480 e. The minimum Gasteiger partial charge on any atom is -0.480 e. The molecular formula is C14H26N2O2. The molecule has 2 rings (SSSR count). The fraction of sp³-hybridized carbons (Fsp3) is 0.929. The third-order valence-corrected chi connectivity index (χ3v) is 4.49. The van der Waals surface area contributed by atoms with E-state index in [0.717, 1.165) is 19.5 Å². The lowest BCUT2D eigenvalue weighted by Crippen LogP contribution is -2.52. The molecule has 2 fully saturated rings. The smallest absolute Gasteiger partial charge is 0.320 e. The van der Waals surface area contributed by atoms with Crippen molar-refractivity contribution in [3.63, 3.8) is 0 Å². The van der Waals surface area contributed by atoms with E-state index in [4.69, 9.17) is 5.11 Å². The zero-order valence-corrected chi connectivity index (χ0v) is 11.5. The Bertz CT molecular complexity index is 275. The van der Waals surface area contributed by atoms with Gasteiger partial charge in [0.05, 0.1) is 0 Å². The van der Waals surface area contributed by atoms with Gasteiger partial charge >= 0.3 is 5.97 Å². The van der Waals surface area contributed by atoms with Crippen LogP contribution in [0.25, 0.3) is 0 Å². The van der Waals surface area contributed by atoms with Crippen LogP contribution in [0.1, 0.15) is 45.4 Å². The zero-order valence-electron chi connectivity index (χ0n) is 11.5. The summed E-state index contributed by atoms with van der Waals surface area (Å²) >= 11 is 0. The van der Waals surface area contributed by atoms with Gasteiger partial charge in [0.25, 0.3) is 0 Å². The van der Waals surface area contributed by atoms with Crippen molar-refractivity contribution in [2.45, 2.75) is 57.5 Å². The normalized spacial score (nSPS) is 29.7. The van der Waals surface area contributed by atoms with Gasteiger partial charge in [-0.25, -0.2) is 0 Å². The highest BCUT2D eigenvalue weighted by atomic mass is 16.4. The van der Waals surface area contributed by atoms with Gasteiger partial charge < -0.3 is 5.11 Å². The van der Waals surface area contributed by atoms with E-state index in [1.165, 1.54) is 45.2 Å². The lowest BCUT2D eigenvalue weighted by Gasteiger charge is -2.40. The van der Waals surface area contributed by atoms with E-state index in [2.05, 4.69) is 9.80 Å². The first-order chi connectivity index (χ1) is 8.68. The van der Waals surface area contributed by atoms with E-state index in [0.29, 0.717) is 6.04 Å². The molecule has 0 aromatic heterocycles. The molecule has 0 aliphatic carbocycles. The molecule has 0 radical (unpaired) electrons. The molecule has 4 nitrogen and oxygen atoms in total. The predicted octanol–water partition coefficient (Wildman–Crippen LogP) is 1.80. The average Bonchev–Trinajstić information content (AvgIpc) is 2.66. The molecule has 2 saturated heterocycles. The minimum absolute atomic E-state index is 0.334. The van der Waals surface area contributed by atoms with E-state index in [9.17, 15) is 4.79 Å². The molecule has 4 heteroatoms. The molecule has 2 aliphatic rings. The maximum absolute atomic E-state index is 11.1. The van der Waals surface area contributed by atoms with Crippen molar-refractivity contribution in [1.29, 1.82) is 0 Å². The van der Waals surface area contributed by atoms with Gasteiger partial charge in [-0.1, -0.05) is 12.8 Å². The van der Waals surface area contributed by atoms with E-state index in [1.807, 2.05) is 6.92 Å². The van der Waals surface area contributed by atoms with Crippen molar-refractivity contribution in [3.05, 3.63) is 0 Å². The first kappa shape index (κ1) is 13.8. The number of aliphatic carboxylic acids is 1. The number of rotatable bonds is 3. The third kappa shape index (κ3) is 3.45. The quantitative estimate of drug-likeness (QED) is 0.834. The van der Waals surface area contributed by atoms with E-state index < -0.39 is 5.97 Å². The number of carboxylic acid groups (broad SMARTS) is 1. The number of carboxylic acids is 1. The zero-order chi connectivity index (χ0) is 13.0. The van der Waals surface area contributed by atoms with E-state index >= 15 is 0 Å². The second-order valence-corrected chi connectivity index (χ2v) is 5.76. The maximum atomic E-state index is 11.1. The van der Waals surface area contributed by atoms with E-state index in [-0.39, 0.29) is 6.04 Å². The van der Waals surface area contributed by atoms with Crippen LogP contribution < -0.4 is 0 Å². The standard InChI is InChI=1S/C14H26N2O2/c1-12(14(17)18)16-10-6-7-13(11-16)15-8-4-2-3-5-9-15/h12-13H,2-11H2,1H3,(H,17,18). The van der Waals surface area contributed by atoms with Crippen LogP contribution in [-0.4, -0.2) is 59.1 Å². The summed E-state index contributed by atoms with van der Waals surface area (Å²) in [7, 11) is 0. The Hall–Kier alpha value is -0.610. The highest BCUT2D eigenvalue weighted by Crippen LogP contribution is 2.21. The summed E-state index contributed by atoms with van der Waals surface area (Å²) in [5, 5.41) is 9.12. The van der Waals surface area contributed by atoms with Crippen LogP contribution in [0.3, 0.4) is 0 Å². The summed E-state index contributed by atoms with van der Waals surface area (Å²) in [4.78, 5) is 15.8. The Morgan fingerprint density at radius 3 is 2.39 bits per heavy atom. The molecule has 2 aliphatic heterocycles. The summed E-state index contributed by atoms with van der Waals surface area (Å²) in [6, 6.07) is 0.249. The van der Waals surface area contributed by atoms with Crippen molar-refractivity contribution in [1.82, 2.24) is 9.80 Å². The molecule has 0 aromatic carbocycles. The molecule has 1 N–H and O–H groups in total. The Balaban J connectivity index is 1.90. The second-order valence-electron chi connectivity index (χ2n) is 5.76. The summed E-state index contributed by atoms with van der Waals surface area (Å²) in [5.41, 5.74) is 0. The highest BCUT2D eigenvalue weighted by molar-refractivity contribution is 5.72. The summed E-state index contributed by atoms with van der Waals surface area (Å²) in [6.07, 6.45) is 7.72. The molecule has 2 heterocycles. The fourth-order valence-electron chi connectivity index (χ4n) is 3.25. The van der Waals surface area contributed by atoms with Crippen molar-refractivity contribution in [2.75, 3.05) is 26.2 Å². The molecule has 2 atom stereocenters. The SMILES string of the molecule is CC(C(=O)O)N1CCCC(N2CCCCCC2)C1. The molecule has 0 aromatic rings. The van der Waals surface area contributed by atoms with Crippen LogP contribution >= 0.6 is 0 Å². The van der Waals surface area contributed by atoms with Crippen molar-refractivity contribution in [3.8, 4) is 0 Å². The van der Waals surface area contributed by atoms with Gasteiger partial charge in [0.1, 0.15) is 6.04 Å². The first-order valence-electron chi connectivity index (χ1n) is 7.39. The molecule has 0 saturated carbocycles. The van der Waals surface area contributed by atoms with Gasteiger partial charge in [-0.15, -0.1) is 0 Å². The number of nitrogens with zero attached hydrogens (tertiary/aromatic N) is 2. The summed E-state index contributed by atoms with van der Waals surface area (Å²) in [5.74, 6) is -0.688.